The number of nitrogens with zero attached hydrogens (tertiary/aromatic N) is 1. The van der Waals surface area contributed by atoms with Gasteiger partial charge < -0.3 is 4.74 Å². The molecule has 96 valence electrons. The first-order chi connectivity index (χ1) is 6.98. The number of likely N-dealkylation sites (tertiary alicyclic amines) is 1. The van der Waals surface area contributed by atoms with Crippen molar-refractivity contribution in [3.05, 3.63) is 0 Å². The Morgan fingerprint density at radius 2 is 1.56 bits per heavy atom. The van der Waals surface area contributed by atoms with Gasteiger partial charge in [0.05, 0.1) is 6.10 Å². The van der Waals surface area contributed by atoms with E-state index in [4.69, 9.17) is 4.74 Å². The van der Waals surface area contributed by atoms with Crippen LogP contribution in [0.5, 0.6) is 0 Å². The maximum Gasteiger partial charge on any atom is 0.419 e. The van der Waals surface area contributed by atoms with E-state index < -0.39 is 17.9 Å². The molecular weight excluding hydrogens is 219 g/mol. The van der Waals surface area contributed by atoms with E-state index in [2.05, 4.69) is 0 Å². The lowest BCUT2D eigenvalue weighted by molar-refractivity contribution is -0.335. The van der Waals surface area contributed by atoms with Crippen molar-refractivity contribution in [2.24, 2.45) is 0 Å². The number of hydrogen-bond acceptors (Lipinski definition) is 2. The second-order valence-corrected chi connectivity index (χ2v) is 5.69. The van der Waals surface area contributed by atoms with E-state index >= 15 is 0 Å². The summed E-state index contributed by atoms with van der Waals surface area (Å²) in [5.41, 5.74) is -2.20. The molecule has 1 heterocycles. The number of ether oxygens (including phenoxy) is 1. The SMILES string of the molecule is CC(C)OC1(C(F)(F)F)CN(C(C)(C)C)C1. The molecule has 16 heavy (non-hydrogen) atoms. The van der Waals surface area contributed by atoms with Gasteiger partial charge in [-0.3, -0.25) is 4.90 Å². The smallest absolute Gasteiger partial charge is 0.360 e. The first-order valence-electron chi connectivity index (χ1n) is 5.47. The average Bonchev–Trinajstić information content (AvgIpc) is 1.89. The zero-order valence-corrected chi connectivity index (χ0v) is 10.5. The van der Waals surface area contributed by atoms with Crippen LogP contribution < -0.4 is 0 Å². The molecule has 0 spiro atoms. The Labute approximate surface area is 94.8 Å². The third-order valence-corrected chi connectivity index (χ3v) is 2.82. The Bertz CT molecular complexity index is 249. The summed E-state index contributed by atoms with van der Waals surface area (Å²) in [5, 5.41) is 0. The van der Waals surface area contributed by atoms with Crippen LogP contribution >= 0.6 is 0 Å². The van der Waals surface area contributed by atoms with Gasteiger partial charge in [0.2, 0.25) is 0 Å². The highest BCUT2D eigenvalue weighted by Gasteiger charge is 2.64. The minimum atomic E-state index is -4.29. The maximum atomic E-state index is 12.9. The van der Waals surface area contributed by atoms with Gasteiger partial charge in [0.1, 0.15) is 0 Å². The summed E-state index contributed by atoms with van der Waals surface area (Å²) in [6.07, 6.45) is -4.71. The minimum Gasteiger partial charge on any atom is -0.360 e. The summed E-state index contributed by atoms with van der Waals surface area (Å²) < 4.78 is 43.9. The van der Waals surface area contributed by atoms with Crippen LogP contribution in [0.4, 0.5) is 13.2 Å². The molecule has 0 aromatic heterocycles. The first-order valence-corrected chi connectivity index (χ1v) is 5.47. The number of alkyl halides is 3. The molecule has 0 bridgehead atoms. The zero-order chi connectivity index (χ0) is 12.8. The van der Waals surface area contributed by atoms with Crippen molar-refractivity contribution in [2.45, 2.75) is 58.0 Å². The largest absolute Gasteiger partial charge is 0.419 e. The van der Waals surface area contributed by atoms with Crippen LogP contribution in [0.15, 0.2) is 0 Å². The molecule has 0 amide bonds. The predicted molar refractivity (Wildman–Crippen MR) is 56.3 cm³/mol. The van der Waals surface area contributed by atoms with Crippen LogP contribution in [0.2, 0.25) is 0 Å². The normalized spacial score (nSPS) is 22.3. The molecule has 0 radical (unpaired) electrons. The maximum absolute atomic E-state index is 12.9. The summed E-state index contributed by atoms with van der Waals surface area (Å²) in [6, 6.07) is 0. The minimum absolute atomic E-state index is 0.0713. The Kier molecular flexibility index (Phi) is 3.34. The van der Waals surface area contributed by atoms with Gasteiger partial charge >= 0.3 is 6.18 Å². The van der Waals surface area contributed by atoms with Crippen LogP contribution in [0.1, 0.15) is 34.6 Å². The average molecular weight is 239 g/mol. The van der Waals surface area contributed by atoms with Gasteiger partial charge in [-0.15, -0.1) is 0 Å². The van der Waals surface area contributed by atoms with Crippen molar-refractivity contribution in [3.8, 4) is 0 Å². The van der Waals surface area contributed by atoms with Gasteiger partial charge in [-0.25, -0.2) is 0 Å². The topological polar surface area (TPSA) is 12.5 Å². The van der Waals surface area contributed by atoms with Crippen LogP contribution in [0.25, 0.3) is 0 Å². The molecule has 1 saturated heterocycles. The van der Waals surface area contributed by atoms with E-state index in [1.165, 1.54) is 0 Å². The van der Waals surface area contributed by atoms with E-state index in [9.17, 15) is 13.2 Å². The van der Waals surface area contributed by atoms with Crippen molar-refractivity contribution in [1.29, 1.82) is 0 Å². The fourth-order valence-corrected chi connectivity index (χ4v) is 1.82. The fourth-order valence-electron chi connectivity index (χ4n) is 1.82. The van der Waals surface area contributed by atoms with Gasteiger partial charge in [0.25, 0.3) is 0 Å². The molecular formula is C11H20F3NO. The monoisotopic (exact) mass is 239 g/mol. The molecule has 2 nitrogen and oxygen atoms in total. The zero-order valence-electron chi connectivity index (χ0n) is 10.5. The lowest BCUT2D eigenvalue weighted by atomic mass is 9.87. The molecule has 0 aromatic rings. The molecule has 1 aliphatic heterocycles. The Morgan fingerprint density at radius 3 is 1.81 bits per heavy atom. The van der Waals surface area contributed by atoms with Crippen molar-refractivity contribution < 1.29 is 17.9 Å². The molecule has 1 fully saturated rings. The van der Waals surface area contributed by atoms with Gasteiger partial charge in [0, 0.05) is 18.6 Å². The van der Waals surface area contributed by atoms with E-state index in [-0.39, 0.29) is 18.6 Å². The summed E-state index contributed by atoms with van der Waals surface area (Å²) >= 11 is 0. The van der Waals surface area contributed by atoms with Crippen molar-refractivity contribution >= 4 is 0 Å². The predicted octanol–water partition coefficient (Wildman–Crippen LogP) is 2.83. The number of hydrogen-bond donors (Lipinski definition) is 0. The number of halogens is 3. The van der Waals surface area contributed by atoms with Crippen LogP contribution in [-0.2, 0) is 4.74 Å². The quantitative estimate of drug-likeness (QED) is 0.734. The molecule has 0 aromatic carbocycles. The van der Waals surface area contributed by atoms with Gasteiger partial charge in [-0.05, 0) is 34.6 Å². The summed E-state index contributed by atoms with van der Waals surface area (Å²) in [5.74, 6) is 0. The van der Waals surface area contributed by atoms with Gasteiger partial charge in [-0.1, -0.05) is 0 Å². The van der Waals surface area contributed by atoms with E-state index in [0.717, 1.165) is 0 Å². The van der Waals surface area contributed by atoms with Gasteiger partial charge in [0.15, 0.2) is 5.60 Å². The Balaban J connectivity index is 2.74. The molecule has 0 unspecified atom stereocenters. The van der Waals surface area contributed by atoms with Crippen molar-refractivity contribution in [2.75, 3.05) is 13.1 Å². The highest BCUT2D eigenvalue weighted by Crippen LogP contribution is 2.44. The number of rotatable bonds is 2. The highest BCUT2D eigenvalue weighted by molar-refractivity contribution is 5.06. The van der Waals surface area contributed by atoms with Crippen LogP contribution in [-0.4, -0.2) is 41.4 Å². The molecule has 0 aliphatic carbocycles. The Hall–Kier alpha value is -0.290. The molecule has 5 heteroatoms. The van der Waals surface area contributed by atoms with E-state index in [0.29, 0.717) is 0 Å². The van der Waals surface area contributed by atoms with Crippen molar-refractivity contribution in [3.63, 3.8) is 0 Å². The highest BCUT2D eigenvalue weighted by atomic mass is 19.4. The first kappa shape index (κ1) is 13.8. The summed E-state index contributed by atoms with van der Waals surface area (Å²) in [6.45, 7) is 8.84. The van der Waals surface area contributed by atoms with Crippen LogP contribution in [0, 0.1) is 0 Å². The molecule has 0 atom stereocenters. The third-order valence-electron chi connectivity index (χ3n) is 2.82. The van der Waals surface area contributed by atoms with E-state index in [1.54, 1.807) is 18.7 Å². The Morgan fingerprint density at radius 1 is 1.12 bits per heavy atom. The van der Waals surface area contributed by atoms with Crippen LogP contribution in [0.3, 0.4) is 0 Å². The standard InChI is InChI=1S/C11H20F3NO/c1-8(2)16-10(11(12,13)14)6-15(7-10)9(3,4)5/h8H,6-7H2,1-5H3. The van der Waals surface area contributed by atoms with E-state index in [1.807, 2.05) is 20.8 Å². The molecule has 0 saturated carbocycles. The molecule has 0 N–H and O–H groups in total. The lowest BCUT2D eigenvalue weighted by Gasteiger charge is -2.55. The molecule has 1 aliphatic rings. The van der Waals surface area contributed by atoms with Crippen molar-refractivity contribution in [1.82, 2.24) is 4.90 Å². The second kappa shape index (κ2) is 3.88. The fraction of sp³-hybridized carbons (Fsp3) is 1.00. The lowest BCUT2D eigenvalue weighted by Crippen LogP contribution is -2.74. The summed E-state index contributed by atoms with van der Waals surface area (Å²) in [7, 11) is 0. The third kappa shape index (κ3) is 2.51. The summed E-state index contributed by atoms with van der Waals surface area (Å²) in [4.78, 5) is 1.78. The second-order valence-electron chi connectivity index (χ2n) is 5.69. The van der Waals surface area contributed by atoms with Gasteiger partial charge in [-0.2, -0.15) is 13.2 Å². The molecule has 1 rings (SSSR count).